The summed E-state index contributed by atoms with van der Waals surface area (Å²) in [5.41, 5.74) is 1.65. The van der Waals surface area contributed by atoms with Crippen molar-refractivity contribution in [1.82, 2.24) is 20.2 Å². The molecule has 10 heteroatoms. The molecule has 5 heterocycles. The van der Waals surface area contributed by atoms with Gasteiger partial charge < -0.3 is 20.1 Å². The van der Waals surface area contributed by atoms with Crippen LogP contribution in [-0.2, 0) is 0 Å². The number of phenols is 1. The van der Waals surface area contributed by atoms with E-state index in [-0.39, 0.29) is 35.3 Å². The first kappa shape index (κ1) is 25.9. The van der Waals surface area contributed by atoms with Crippen molar-refractivity contribution in [3.05, 3.63) is 40.7 Å². The quantitative estimate of drug-likeness (QED) is 0.394. The van der Waals surface area contributed by atoms with Gasteiger partial charge in [-0.05, 0) is 80.3 Å². The van der Waals surface area contributed by atoms with Crippen molar-refractivity contribution < 1.29 is 18.6 Å². The molecule has 3 aromatic rings. The van der Waals surface area contributed by atoms with Crippen LogP contribution in [0.25, 0.3) is 22.0 Å². The van der Waals surface area contributed by atoms with Gasteiger partial charge in [0.15, 0.2) is 5.82 Å². The summed E-state index contributed by atoms with van der Waals surface area (Å²) >= 11 is 6.56. The number of aromatic hydroxyl groups is 1. The third-order valence-electron chi connectivity index (χ3n) is 9.90. The van der Waals surface area contributed by atoms with E-state index < -0.39 is 12.0 Å². The minimum atomic E-state index is -0.863. The second-order valence-electron chi connectivity index (χ2n) is 12.7. The van der Waals surface area contributed by atoms with E-state index in [0.29, 0.717) is 52.4 Å². The van der Waals surface area contributed by atoms with E-state index in [1.54, 1.807) is 12.1 Å². The molecular formula is C31H34ClF2N5O2. The monoisotopic (exact) mass is 581 g/mol. The smallest absolute Gasteiger partial charge is 0.319 e. The normalized spacial score (nSPS) is 29.4. The van der Waals surface area contributed by atoms with Gasteiger partial charge in [-0.2, -0.15) is 9.97 Å². The topological polar surface area (TPSA) is 73.8 Å². The molecule has 0 radical (unpaired) electrons. The van der Waals surface area contributed by atoms with Crippen LogP contribution in [0.3, 0.4) is 0 Å². The van der Waals surface area contributed by atoms with Gasteiger partial charge in [-0.15, -0.1) is 0 Å². The summed E-state index contributed by atoms with van der Waals surface area (Å²) in [6, 6.07) is 7.62. The zero-order chi connectivity index (χ0) is 27.9. The number of halogens is 3. The summed E-state index contributed by atoms with van der Waals surface area (Å²) in [7, 11) is 0. The molecule has 1 saturated carbocycles. The van der Waals surface area contributed by atoms with Crippen LogP contribution in [0, 0.1) is 5.82 Å². The molecule has 1 aromatic heterocycles. The highest BCUT2D eigenvalue weighted by Crippen LogP contribution is 2.50. The lowest BCUT2D eigenvalue weighted by atomic mass is 9.94. The first-order valence-electron chi connectivity index (χ1n) is 14.9. The van der Waals surface area contributed by atoms with E-state index in [1.807, 2.05) is 6.07 Å². The molecule has 5 aliphatic rings. The van der Waals surface area contributed by atoms with Crippen molar-refractivity contribution in [2.75, 3.05) is 37.7 Å². The molecule has 4 atom stereocenters. The Morgan fingerprint density at radius 2 is 1.88 bits per heavy atom. The Kier molecular flexibility index (Phi) is 6.10. The number of alkyl halides is 1. The number of piperazine rings is 1. The van der Waals surface area contributed by atoms with Gasteiger partial charge in [-0.1, -0.05) is 17.7 Å². The predicted molar refractivity (Wildman–Crippen MR) is 154 cm³/mol. The largest absolute Gasteiger partial charge is 0.508 e. The number of aromatic nitrogens is 2. The minimum absolute atomic E-state index is 0.000641. The highest BCUT2D eigenvalue weighted by Gasteiger charge is 2.49. The molecule has 2 aromatic carbocycles. The fourth-order valence-electron chi connectivity index (χ4n) is 7.87. The van der Waals surface area contributed by atoms with E-state index >= 15 is 4.39 Å². The Morgan fingerprint density at radius 1 is 1.07 bits per heavy atom. The highest BCUT2D eigenvalue weighted by molar-refractivity contribution is 6.32. The first-order chi connectivity index (χ1) is 19.9. The number of hydrogen-bond acceptors (Lipinski definition) is 7. The van der Waals surface area contributed by atoms with E-state index in [0.717, 1.165) is 63.7 Å². The predicted octanol–water partition coefficient (Wildman–Crippen LogP) is 5.57. The SMILES string of the molecule is Oc1cc(Cl)c(C2CC2)c(-c2ccc3c(N4CC5CCC(C4)N5)nc(OC[C@@]45CCCN4C[C@H](F)C5)nc3c2F)c1. The van der Waals surface area contributed by atoms with E-state index in [9.17, 15) is 9.50 Å². The minimum Gasteiger partial charge on any atom is -0.508 e. The molecule has 0 amide bonds. The molecule has 2 unspecified atom stereocenters. The standard InChI is InChI=1S/C31H34ClF2N5O2/c32-25-11-21(40)10-24(26(25)17-2-3-17)22-6-7-23-28(27(22)34)36-30(37-29(23)38-14-19-4-5-20(15-38)35-19)41-16-31-8-1-9-39(31)13-18(33)12-31/h6-7,10-11,17-20,35,40H,1-5,8-9,12-16H2/t18-,19?,20?,31+/m1/s1. The van der Waals surface area contributed by atoms with Gasteiger partial charge in [0, 0.05) is 54.1 Å². The van der Waals surface area contributed by atoms with Crippen LogP contribution >= 0.6 is 11.6 Å². The van der Waals surface area contributed by atoms with E-state index in [2.05, 4.69) is 20.1 Å². The van der Waals surface area contributed by atoms with E-state index in [4.69, 9.17) is 21.3 Å². The fraction of sp³-hybridized carbons (Fsp3) is 0.548. The fourth-order valence-corrected chi connectivity index (χ4v) is 8.24. The highest BCUT2D eigenvalue weighted by atomic mass is 35.5. The zero-order valence-electron chi connectivity index (χ0n) is 22.9. The van der Waals surface area contributed by atoms with Crippen LogP contribution in [0.1, 0.15) is 56.4 Å². The van der Waals surface area contributed by atoms with Gasteiger partial charge in [0.05, 0.1) is 5.54 Å². The van der Waals surface area contributed by atoms with E-state index in [1.165, 1.54) is 6.07 Å². The van der Waals surface area contributed by atoms with Gasteiger partial charge in [0.2, 0.25) is 0 Å². The third-order valence-corrected chi connectivity index (χ3v) is 10.2. The molecule has 1 aliphatic carbocycles. The molecule has 2 N–H and O–H groups in total. The second-order valence-corrected chi connectivity index (χ2v) is 13.1. The summed E-state index contributed by atoms with van der Waals surface area (Å²) in [6.45, 7) is 3.14. The number of benzene rings is 2. The number of hydrogen-bond donors (Lipinski definition) is 2. The zero-order valence-corrected chi connectivity index (χ0v) is 23.6. The number of anilines is 1. The maximum atomic E-state index is 16.6. The van der Waals surface area contributed by atoms with Crippen LogP contribution in [0.5, 0.6) is 11.8 Å². The molecule has 2 bridgehead atoms. The van der Waals surface area contributed by atoms with Crippen LogP contribution < -0.4 is 15.0 Å². The Bertz CT molecular complexity index is 1520. The molecular weight excluding hydrogens is 548 g/mol. The van der Waals surface area contributed by atoms with Crippen LogP contribution in [0.4, 0.5) is 14.6 Å². The second kappa shape index (κ2) is 9.64. The van der Waals surface area contributed by atoms with Gasteiger partial charge in [-0.25, -0.2) is 8.78 Å². The molecule has 8 rings (SSSR count). The van der Waals surface area contributed by atoms with Crippen LogP contribution in [-0.4, -0.2) is 76.6 Å². The number of nitrogens with zero attached hydrogens (tertiary/aromatic N) is 4. The first-order valence-corrected chi connectivity index (χ1v) is 15.3. The van der Waals surface area contributed by atoms with Crippen molar-refractivity contribution in [2.24, 2.45) is 0 Å². The number of rotatable bonds is 6. The van der Waals surface area contributed by atoms with Crippen molar-refractivity contribution in [2.45, 2.75) is 74.7 Å². The number of fused-ring (bicyclic) bond motifs is 4. The molecule has 4 saturated heterocycles. The van der Waals surface area contributed by atoms with Crippen LogP contribution in [0.2, 0.25) is 5.02 Å². The van der Waals surface area contributed by atoms with Crippen molar-refractivity contribution in [1.29, 1.82) is 0 Å². The molecule has 5 fully saturated rings. The Morgan fingerprint density at radius 3 is 2.66 bits per heavy atom. The van der Waals surface area contributed by atoms with Gasteiger partial charge in [0.25, 0.3) is 0 Å². The summed E-state index contributed by atoms with van der Waals surface area (Å²) in [5.74, 6) is 0.438. The average molecular weight is 582 g/mol. The average Bonchev–Trinajstić information content (AvgIpc) is 3.52. The summed E-state index contributed by atoms with van der Waals surface area (Å²) in [5, 5.41) is 15.1. The lowest BCUT2D eigenvalue weighted by molar-refractivity contribution is 0.107. The maximum absolute atomic E-state index is 16.6. The molecule has 4 aliphatic heterocycles. The third kappa shape index (κ3) is 4.43. The molecule has 7 nitrogen and oxygen atoms in total. The number of ether oxygens (including phenoxy) is 1. The lowest BCUT2D eigenvalue weighted by Crippen LogP contribution is -2.51. The van der Waals surface area contributed by atoms with Crippen molar-refractivity contribution in [3.63, 3.8) is 0 Å². The summed E-state index contributed by atoms with van der Waals surface area (Å²) < 4.78 is 37.3. The maximum Gasteiger partial charge on any atom is 0.319 e. The van der Waals surface area contributed by atoms with Crippen molar-refractivity contribution >= 4 is 28.3 Å². The molecule has 216 valence electrons. The van der Waals surface area contributed by atoms with Crippen LogP contribution in [0.15, 0.2) is 24.3 Å². The Balaban J connectivity index is 1.23. The van der Waals surface area contributed by atoms with Crippen molar-refractivity contribution in [3.8, 4) is 22.9 Å². The number of nitrogens with one attached hydrogen (secondary N) is 1. The summed E-state index contributed by atoms with van der Waals surface area (Å²) in [6.07, 6.45) is 5.65. The summed E-state index contributed by atoms with van der Waals surface area (Å²) in [4.78, 5) is 13.9. The Labute approximate surface area is 242 Å². The lowest BCUT2D eigenvalue weighted by Gasteiger charge is -2.34. The van der Waals surface area contributed by atoms with Gasteiger partial charge in [0.1, 0.15) is 29.9 Å². The van der Waals surface area contributed by atoms with Gasteiger partial charge >= 0.3 is 6.01 Å². The van der Waals surface area contributed by atoms with Gasteiger partial charge in [-0.3, -0.25) is 4.90 Å². The molecule has 0 spiro atoms. The molecule has 41 heavy (non-hydrogen) atoms. The number of phenolic OH excluding ortho intramolecular Hbond substituents is 1. The Hall–Kier alpha value is -2.75.